The Morgan fingerprint density at radius 3 is 2.11 bits per heavy atom. The van der Waals surface area contributed by atoms with E-state index in [1.165, 1.54) is 36.8 Å². The second-order valence-corrected chi connectivity index (χ2v) is 9.99. The van der Waals surface area contributed by atoms with Crippen molar-refractivity contribution in [1.29, 1.82) is 0 Å². The molecule has 1 aromatic rings. The highest BCUT2D eigenvalue weighted by Gasteiger charge is 2.09. The second kappa shape index (κ2) is 21.9. The van der Waals surface area contributed by atoms with Crippen molar-refractivity contribution < 1.29 is 0 Å². The molecule has 0 bridgehead atoms. The van der Waals surface area contributed by atoms with E-state index in [0.717, 1.165) is 105 Å². The Bertz CT molecular complexity index is 598. The maximum absolute atomic E-state index is 3.62. The molecule has 1 aliphatic heterocycles. The van der Waals surface area contributed by atoms with Crippen LogP contribution in [0.4, 0.5) is 0 Å². The summed E-state index contributed by atoms with van der Waals surface area (Å²) in [6.45, 7) is 17.3. The Balaban J connectivity index is 1.81. The van der Waals surface area contributed by atoms with Crippen molar-refractivity contribution in [2.45, 2.75) is 38.8 Å². The number of rotatable bonds is 15. The molecule has 0 spiro atoms. The van der Waals surface area contributed by atoms with Crippen LogP contribution in [0.5, 0.6) is 0 Å². The maximum Gasteiger partial charge on any atom is 0.0234 e. The maximum atomic E-state index is 3.62. The van der Waals surface area contributed by atoms with Gasteiger partial charge in [0.05, 0.1) is 0 Å². The van der Waals surface area contributed by atoms with Gasteiger partial charge in [0, 0.05) is 52.4 Å². The largest absolute Gasteiger partial charge is 0.320 e. The van der Waals surface area contributed by atoms with Gasteiger partial charge in [0.25, 0.3) is 0 Å². The zero-order chi connectivity index (χ0) is 25.5. The summed E-state index contributed by atoms with van der Waals surface area (Å²) in [4.78, 5) is 5.20. The minimum absolute atomic E-state index is 1.02. The molecule has 1 fully saturated rings. The standard InChI is InChI=1S/C28H56N8/c1-29-11-3-13-33-19-23-35(21-5-12-30-2)25-27-7-9-28(10-8-27)26-36-22-6-16-32-18-17-31-14-4-15-34-20-24-36/h7-10,29-34H,3-6,11-26H2,1-2H3. The smallest absolute Gasteiger partial charge is 0.0234 e. The van der Waals surface area contributed by atoms with E-state index >= 15 is 0 Å². The normalized spacial score (nSPS) is 17.3. The predicted octanol–water partition coefficient (Wildman–Crippen LogP) is 0.662. The van der Waals surface area contributed by atoms with Crippen LogP contribution in [0.2, 0.25) is 0 Å². The number of nitrogens with zero attached hydrogens (tertiary/aromatic N) is 2. The van der Waals surface area contributed by atoms with Crippen molar-refractivity contribution in [3.63, 3.8) is 0 Å². The first-order valence-corrected chi connectivity index (χ1v) is 14.5. The molecule has 1 heterocycles. The SMILES string of the molecule is CNCCCNCCN(CCCNC)Cc1ccc(CN2CCCNCCNCCCNCC2)cc1. The molecule has 36 heavy (non-hydrogen) atoms. The highest BCUT2D eigenvalue weighted by Crippen LogP contribution is 2.11. The lowest BCUT2D eigenvalue weighted by atomic mass is 10.1. The molecule has 0 radical (unpaired) electrons. The minimum Gasteiger partial charge on any atom is -0.320 e. The van der Waals surface area contributed by atoms with Crippen LogP contribution in [0.15, 0.2) is 24.3 Å². The molecule has 8 heteroatoms. The Hall–Kier alpha value is -1.10. The van der Waals surface area contributed by atoms with Crippen molar-refractivity contribution in [3.05, 3.63) is 35.4 Å². The van der Waals surface area contributed by atoms with Crippen molar-refractivity contribution in [2.75, 3.05) is 106 Å². The van der Waals surface area contributed by atoms with E-state index in [4.69, 9.17) is 0 Å². The van der Waals surface area contributed by atoms with Gasteiger partial charge in [-0.3, -0.25) is 9.80 Å². The van der Waals surface area contributed by atoms with Gasteiger partial charge >= 0.3 is 0 Å². The summed E-state index contributed by atoms with van der Waals surface area (Å²) in [5.41, 5.74) is 2.84. The molecule has 0 saturated carbocycles. The van der Waals surface area contributed by atoms with E-state index in [2.05, 4.69) is 66.0 Å². The highest BCUT2D eigenvalue weighted by atomic mass is 15.1. The summed E-state index contributed by atoms with van der Waals surface area (Å²) in [5.74, 6) is 0. The molecule has 208 valence electrons. The zero-order valence-electron chi connectivity index (χ0n) is 23.3. The van der Waals surface area contributed by atoms with Crippen LogP contribution in [0.3, 0.4) is 0 Å². The average Bonchev–Trinajstić information content (AvgIpc) is 2.89. The monoisotopic (exact) mass is 504 g/mol. The number of hydrogen-bond acceptors (Lipinski definition) is 8. The molecule has 0 aliphatic carbocycles. The van der Waals surface area contributed by atoms with Gasteiger partial charge in [0.15, 0.2) is 0 Å². The van der Waals surface area contributed by atoms with Gasteiger partial charge < -0.3 is 31.9 Å². The summed E-state index contributed by atoms with van der Waals surface area (Å²) in [6, 6.07) is 9.38. The zero-order valence-corrected chi connectivity index (χ0v) is 23.3. The van der Waals surface area contributed by atoms with Crippen LogP contribution in [0.25, 0.3) is 0 Å². The molecule has 1 aliphatic rings. The van der Waals surface area contributed by atoms with Crippen LogP contribution in [0.1, 0.15) is 36.8 Å². The Morgan fingerprint density at radius 1 is 0.694 bits per heavy atom. The second-order valence-electron chi connectivity index (χ2n) is 9.99. The third-order valence-electron chi connectivity index (χ3n) is 6.74. The van der Waals surface area contributed by atoms with E-state index < -0.39 is 0 Å². The van der Waals surface area contributed by atoms with Crippen LogP contribution < -0.4 is 31.9 Å². The van der Waals surface area contributed by atoms with Crippen molar-refractivity contribution >= 4 is 0 Å². The molecule has 0 aromatic heterocycles. The van der Waals surface area contributed by atoms with Gasteiger partial charge in [-0.1, -0.05) is 24.3 Å². The molecular weight excluding hydrogens is 448 g/mol. The molecule has 0 unspecified atom stereocenters. The molecule has 2 rings (SSSR count). The Kier molecular flexibility index (Phi) is 19.0. The summed E-state index contributed by atoms with van der Waals surface area (Å²) in [7, 11) is 4.06. The van der Waals surface area contributed by atoms with Gasteiger partial charge in [0.1, 0.15) is 0 Å². The van der Waals surface area contributed by atoms with Gasteiger partial charge in [-0.25, -0.2) is 0 Å². The summed E-state index contributed by atoms with van der Waals surface area (Å²) in [6.07, 6.45) is 4.75. The predicted molar refractivity (Wildman–Crippen MR) is 155 cm³/mol. The van der Waals surface area contributed by atoms with Crippen molar-refractivity contribution in [3.8, 4) is 0 Å². The first kappa shape index (κ1) is 31.1. The molecule has 0 atom stereocenters. The van der Waals surface area contributed by atoms with E-state index in [1.807, 2.05) is 14.1 Å². The first-order chi connectivity index (χ1) is 17.8. The molecule has 8 nitrogen and oxygen atoms in total. The van der Waals surface area contributed by atoms with Gasteiger partial charge in [-0.05, 0) is 103 Å². The van der Waals surface area contributed by atoms with Crippen LogP contribution in [-0.4, -0.2) is 116 Å². The van der Waals surface area contributed by atoms with E-state index in [0.29, 0.717) is 0 Å². The lowest BCUT2D eigenvalue weighted by Gasteiger charge is -2.24. The van der Waals surface area contributed by atoms with Gasteiger partial charge in [-0.2, -0.15) is 0 Å². The molecule has 1 aromatic carbocycles. The third kappa shape index (κ3) is 15.9. The molecule has 1 saturated heterocycles. The summed E-state index contributed by atoms with van der Waals surface area (Å²) < 4.78 is 0. The van der Waals surface area contributed by atoms with E-state index in [-0.39, 0.29) is 0 Å². The third-order valence-corrected chi connectivity index (χ3v) is 6.74. The fourth-order valence-electron chi connectivity index (χ4n) is 4.59. The van der Waals surface area contributed by atoms with Crippen LogP contribution in [-0.2, 0) is 13.1 Å². The van der Waals surface area contributed by atoms with E-state index in [9.17, 15) is 0 Å². The Morgan fingerprint density at radius 2 is 1.36 bits per heavy atom. The highest BCUT2D eigenvalue weighted by molar-refractivity contribution is 5.22. The van der Waals surface area contributed by atoms with Crippen molar-refractivity contribution in [1.82, 2.24) is 41.7 Å². The fourth-order valence-corrected chi connectivity index (χ4v) is 4.59. The molecular formula is C28H56N8. The number of hydrogen-bond donors (Lipinski definition) is 6. The van der Waals surface area contributed by atoms with Crippen molar-refractivity contribution in [2.24, 2.45) is 0 Å². The summed E-state index contributed by atoms with van der Waals surface area (Å²) >= 11 is 0. The van der Waals surface area contributed by atoms with Gasteiger partial charge in [-0.15, -0.1) is 0 Å². The van der Waals surface area contributed by atoms with Crippen LogP contribution >= 0.6 is 0 Å². The lowest BCUT2D eigenvalue weighted by Crippen LogP contribution is -2.36. The minimum atomic E-state index is 1.02. The molecule has 0 amide bonds. The first-order valence-electron chi connectivity index (χ1n) is 14.5. The average molecular weight is 505 g/mol. The lowest BCUT2D eigenvalue weighted by molar-refractivity contribution is 0.258. The molecule has 6 N–H and O–H groups in total. The summed E-state index contributed by atoms with van der Waals surface area (Å²) in [5, 5.41) is 20.8. The number of nitrogens with one attached hydrogen (secondary N) is 6. The van der Waals surface area contributed by atoms with Crippen LogP contribution in [0, 0.1) is 0 Å². The number of benzene rings is 1. The van der Waals surface area contributed by atoms with Gasteiger partial charge in [0.2, 0.25) is 0 Å². The quantitative estimate of drug-likeness (QED) is 0.195. The Labute approximate surface area is 221 Å². The fraction of sp³-hybridized carbons (Fsp3) is 0.786. The van der Waals surface area contributed by atoms with E-state index in [1.54, 1.807) is 0 Å². The topological polar surface area (TPSA) is 78.7 Å².